The molecule has 0 aromatic rings. The summed E-state index contributed by atoms with van der Waals surface area (Å²) in [6.45, 7) is 4.04. The minimum Gasteiger partial charge on any atom is -0.469 e. The SMILES string of the molecule is CCNC(=O)NC(=O)CSC(C)CC(=O)OC. The van der Waals surface area contributed by atoms with Gasteiger partial charge in [0, 0.05) is 11.8 Å². The fourth-order valence-corrected chi connectivity index (χ4v) is 1.72. The lowest BCUT2D eigenvalue weighted by Gasteiger charge is -2.09. The molecule has 0 aromatic carbocycles. The maximum Gasteiger partial charge on any atom is 0.321 e. The number of imide groups is 1. The van der Waals surface area contributed by atoms with Crippen molar-refractivity contribution in [3.8, 4) is 0 Å². The molecule has 0 fully saturated rings. The van der Waals surface area contributed by atoms with E-state index in [4.69, 9.17) is 0 Å². The summed E-state index contributed by atoms with van der Waals surface area (Å²) in [4.78, 5) is 33.2. The lowest BCUT2D eigenvalue weighted by atomic mass is 10.3. The van der Waals surface area contributed by atoms with Gasteiger partial charge in [0.25, 0.3) is 0 Å². The molecule has 0 saturated heterocycles. The zero-order valence-electron chi connectivity index (χ0n) is 10.2. The lowest BCUT2D eigenvalue weighted by Crippen LogP contribution is -2.40. The van der Waals surface area contributed by atoms with Crippen molar-refractivity contribution in [3.05, 3.63) is 0 Å². The third kappa shape index (κ3) is 8.56. The average Bonchev–Trinajstić information content (AvgIpc) is 2.26. The number of amides is 3. The summed E-state index contributed by atoms with van der Waals surface area (Å²) in [5, 5.41) is 4.60. The number of carbonyl (C=O) groups is 3. The first-order valence-electron chi connectivity index (χ1n) is 5.25. The molecule has 0 aliphatic rings. The van der Waals surface area contributed by atoms with E-state index < -0.39 is 6.03 Å². The van der Waals surface area contributed by atoms with Gasteiger partial charge < -0.3 is 10.1 Å². The van der Waals surface area contributed by atoms with E-state index in [0.717, 1.165) is 0 Å². The van der Waals surface area contributed by atoms with Gasteiger partial charge in [-0.2, -0.15) is 0 Å². The second-order valence-electron chi connectivity index (χ2n) is 3.31. The van der Waals surface area contributed by atoms with Gasteiger partial charge in [-0.25, -0.2) is 4.79 Å². The van der Waals surface area contributed by atoms with Crippen molar-refractivity contribution in [1.82, 2.24) is 10.6 Å². The molecule has 0 saturated carbocycles. The van der Waals surface area contributed by atoms with E-state index in [1.165, 1.54) is 18.9 Å². The third-order valence-electron chi connectivity index (χ3n) is 1.77. The molecule has 1 atom stereocenters. The highest BCUT2D eigenvalue weighted by Crippen LogP contribution is 2.13. The Bertz CT molecular complexity index is 283. The molecule has 6 nitrogen and oxygen atoms in total. The smallest absolute Gasteiger partial charge is 0.321 e. The second-order valence-corrected chi connectivity index (χ2v) is 4.74. The van der Waals surface area contributed by atoms with Crippen molar-refractivity contribution < 1.29 is 19.1 Å². The van der Waals surface area contributed by atoms with Crippen molar-refractivity contribution in [2.75, 3.05) is 19.4 Å². The number of carbonyl (C=O) groups excluding carboxylic acids is 3. The van der Waals surface area contributed by atoms with Crippen LogP contribution in [0.2, 0.25) is 0 Å². The fraction of sp³-hybridized carbons (Fsp3) is 0.700. The Kier molecular flexibility index (Phi) is 8.21. The normalized spacial score (nSPS) is 11.5. The van der Waals surface area contributed by atoms with Crippen molar-refractivity contribution in [2.45, 2.75) is 25.5 Å². The largest absolute Gasteiger partial charge is 0.469 e. The molecular weight excluding hydrogens is 244 g/mol. The number of nitrogens with one attached hydrogen (secondary N) is 2. The number of rotatable bonds is 6. The van der Waals surface area contributed by atoms with Crippen LogP contribution in [-0.4, -0.2) is 42.6 Å². The van der Waals surface area contributed by atoms with Crippen LogP contribution in [0.25, 0.3) is 0 Å². The van der Waals surface area contributed by atoms with Gasteiger partial charge in [-0.05, 0) is 6.92 Å². The predicted molar refractivity (Wildman–Crippen MR) is 65.8 cm³/mol. The molecule has 7 heteroatoms. The van der Waals surface area contributed by atoms with Crippen molar-refractivity contribution in [1.29, 1.82) is 0 Å². The monoisotopic (exact) mass is 262 g/mol. The van der Waals surface area contributed by atoms with Crippen LogP contribution in [0, 0.1) is 0 Å². The number of ether oxygens (including phenoxy) is 1. The van der Waals surface area contributed by atoms with E-state index in [-0.39, 0.29) is 29.3 Å². The van der Waals surface area contributed by atoms with Gasteiger partial charge in [-0.15, -0.1) is 11.8 Å². The number of esters is 1. The Morgan fingerprint density at radius 2 is 2.00 bits per heavy atom. The first kappa shape index (κ1) is 15.8. The Morgan fingerprint density at radius 3 is 2.53 bits per heavy atom. The summed E-state index contributed by atoms with van der Waals surface area (Å²) < 4.78 is 4.51. The van der Waals surface area contributed by atoms with E-state index >= 15 is 0 Å². The van der Waals surface area contributed by atoms with Gasteiger partial charge in [-0.1, -0.05) is 6.92 Å². The van der Waals surface area contributed by atoms with Crippen molar-refractivity contribution in [3.63, 3.8) is 0 Å². The van der Waals surface area contributed by atoms with Crippen molar-refractivity contribution in [2.24, 2.45) is 0 Å². The molecule has 0 aliphatic heterocycles. The van der Waals surface area contributed by atoms with Crippen LogP contribution < -0.4 is 10.6 Å². The number of methoxy groups -OCH3 is 1. The summed E-state index contributed by atoms with van der Waals surface area (Å²) in [7, 11) is 1.32. The minimum atomic E-state index is -0.501. The maximum absolute atomic E-state index is 11.3. The molecule has 0 aromatic heterocycles. The summed E-state index contributed by atoms with van der Waals surface area (Å²) in [5.41, 5.74) is 0. The summed E-state index contributed by atoms with van der Waals surface area (Å²) in [5.74, 6) is -0.554. The van der Waals surface area contributed by atoms with E-state index in [0.29, 0.717) is 6.54 Å². The molecule has 3 amide bonds. The van der Waals surface area contributed by atoms with Gasteiger partial charge in [-0.3, -0.25) is 14.9 Å². The molecule has 98 valence electrons. The maximum atomic E-state index is 11.3. The quantitative estimate of drug-likeness (QED) is 0.682. The molecule has 0 spiro atoms. The fourth-order valence-electron chi connectivity index (χ4n) is 0.962. The van der Waals surface area contributed by atoms with Gasteiger partial charge in [0.05, 0.1) is 19.3 Å². The van der Waals surface area contributed by atoms with Crippen LogP contribution in [0.5, 0.6) is 0 Å². The topological polar surface area (TPSA) is 84.5 Å². The lowest BCUT2D eigenvalue weighted by molar-refractivity contribution is -0.140. The molecule has 0 rings (SSSR count). The molecule has 0 heterocycles. The number of urea groups is 1. The molecule has 0 aliphatic carbocycles. The third-order valence-corrected chi connectivity index (χ3v) is 2.94. The minimum absolute atomic E-state index is 0.0255. The first-order chi connectivity index (χ1) is 7.99. The highest BCUT2D eigenvalue weighted by molar-refractivity contribution is 8.00. The Labute approximate surface area is 105 Å². The Morgan fingerprint density at radius 1 is 1.35 bits per heavy atom. The van der Waals surface area contributed by atoms with Crippen LogP contribution in [-0.2, 0) is 14.3 Å². The van der Waals surface area contributed by atoms with Crippen molar-refractivity contribution >= 4 is 29.7 Å². The molecule has 1 unspecified atom stereocenters. The predicted octanol–water partition coefficient (Wildman–Crippen LogP) is 0.517. The van der Waals surface area contributed by atoms with E-state index in [2.05, 4.69) is 15.4 Å². The van der Waals surface area contributed by atoms with Crippen LogP contribution in [0.4, 0.5) is 4.79 Å². The Hall–Kier alpha value is -1.24. The summed E-state index contributed by atoms with van der Waals surface area (Å²) >= 11 is 1.30. The number of hydrogen-bond donors (Lipinski definition) is 2. The van der Waals surface area contributed by atoms with Crippen LogP contribution in [0.3, 0.4) is 0 Å². The van der Waals surface area contributed by atoms with Crippen LogP contribution in [0.15, 0.2) is 0 Å². The molecule has 2 N–H and O–H groups in total. The van der Waals surface area contributed by atoms with Gasteiger partial charge in [0.1, 0.15) is 0 Å². The Balaban J connectivity index is 3.76. The van der Waals surface area contributed by atoms with Gasteiger partial charge in [0.2, 0.25) is 5.91 Å². The highest BCUT2D eigenvalue weighted by atomic mass is 32.2. The summed E-state index contributed by atoms with van der Waals surface area (Å²) in [6.07, 6.45) is 0.246. The average molecular weight is 262 g/mol. The summed E-state index contributed by atoms with van der Waals surface area (Å²) in [6, 6.07) is -0.501. The molecule has 17 heavy (non-hydrogen) atoms. The van der Waals surface area contributed by atoms with Gasteiger partial charge in [0.15, 0.2) is 0 Å². The zero-order valence-corrected chi connectivity index (χ0v) is 11.1. The zero-order chi connectivity index (χ0) is 13.3. The molecule has 0 radical (unpaired) electrons. The number of hydrogen-bond acceptors (Lipinski definition) is 5. The molecule has 0 bridgehead atoms. The highest BCUT2D eigenvalue weighted by Gasteiger charge is 2.13. The first-order valence-corrected chi connectivity index (χ1v) is 6.30. The van der Waals surface area contributed by atoms with E-state index in [1.807, 2.05) is 6.92 Å². The van der Waals surface area contributed by atoms with E-state index in [9.17, 15) is 14.4 Å². The standard InChI is InChI=1S/C10H18N2O4S/c1-4-11-10(15)12-8(13)6-17-7(2)5-9(14)16-3/h7H,4-6H2,1-3H3,(H2,11,12,13,15). The van der Waals surface area contributed by atoms with Gasteiger partial charge >= 0.3 is 12.0 Å². The molecular formula is C10H18N2O4S. The van der Waals surface area contributed by atoms with Crippen LogP contribution >= 0.6 is 11.8 Å². The number of thioether (sulfide) groups is 1. The van der Waals surface area contributed by atoms with E-state index in [1.54, 1.807) is 6.92 Å². The second kappa shape index (κ2) is 8.86. The van der Waals surface area contributed by atoms with Crippen LogP contribution in [0.1, 0.15) is 20.3 Å².